The largest absolute Gasteiger partial charge is 0.480 e. The van der Waals surface area contributed by atoms with Crippen LogP contribution in [0.25, 0.3) is 10.9 Å². The summed E-state index contributed by atoms with van der Waals surface area (Å²) in [5.74, 6) is -0.950. The summed E-state index contributed by atoms with van der Waals surface area (Å²) in [6.07, 6.45) is 0. The average molecular weight is 262 g/mol. The van der Waals surface area contributed by atoms with Gasteiger partial charge in [0.25, 0.3) is 0 Å². The Morgan fingerprint density at radius 3 is 2.63 bits per heavy atom. The van der Waals surface area contributed by atoms with Crippen LogP contribution in [0.2, 0.25) is 0 Å². The Hall–Kier alpha value is -2.17. The highest BCUT2D eigenvalue weighted by Crippen LogP contribution is 2.18. The first-order chi connectivity index (χ1) is 8.97. The average Bonchev–Trinajstić information content (AvgIpc) is 2.34. The molecule has 1 atom stereocenters. The van der Waals surface area contributed by atoms with Crippen LogP contribution in [0, 0.1) is 11.7 Å². The summed E-state index contributed by atoms with van der Waals surface area (Å²) in [5.41, 5.74) is 0.498. The first-order valence-corrected chi connectivity index (χ1v) is 6.03. The van der Waals surface area contributed by atoms with E-state index >= 15 is 0 Å². The van der Waals surface area contributed by atoms with Crippen molar-refractivity contribution in [1.82, 2.24) is 4.98 Å². The van der Waals surface area contributed by atoms with Crippen molar-refractivity contribution >= 4 is 22.7 Å². The highest BCUT2D eigenvalue weighted by atomic mass is 19.1. The number of nitrogens with one attached hydrogen (secondary N) is 1. The maximum Gasteiger partial charge on any atom is 0.326 e. The highest BCUT2D eigenvalue weighted by molar-refractivity contribution is 5.82. The van der Waals surface area contributed by atoms with Crippen molar-refractivity contribution in [2.24, 2.45) is 5.92 Å². The van der Waals surface area contributed by atoms with Gasteiger partial charge in [0, 0.05) is 11.5 Å². The fourth-order valence-corrected chi connectivity index (χ4v) is 1.84. The van der Waals surface area contributed by atoms with Crippen molar-refractivity contribution in [3.63, 3.8) is 0 Å². The molecule has 0 aliphatic heterocycles. The van der Waals surface area contributed by atoms with Crippen LogP contribution >= 0.6 is 0 Å². The molecule has 1 heterocycles. The van der Waals surface area contributed by atoms with E-state index in [4.69, 9.17) is 5.11 Å². The standard InChI is InChI=1S/C14H15FN2O2/c1-8(2)13(14(18)19)17-12-6-4-9-3-5-10(15)7-11(9)16-12/h3-8,13H,1-2H3,(H,16,17)(H,18,19)/t13-/m1/s1. The van der Waals surface area contributed by atoms with Crippen LogP contribution in [-0.4, -0.2) is 22.1 Å². The van der Waals surface area contributed by atoms with Crippen LogP contribution in [0.3, 0.4) is 0 Å². The maximum absolute atomic E-state index is 13.1. The van der Waals surface area contributed by atoms with Crippen LogP contribution in [0.5, 0.6) is 0 Å². The second-order valence-electron chi connectivity index (χ2n) is 4.74. The van der Waals surface area contributed by atoms with E-state index in [1.807, 2.05) is 13.8 Å². The molecule has 2 rings (SSSR count). The SMILES string of the molecule is CC(C)[C@@H](Nc1ccc2ccc(F)cc2n1)C(=O)O. The summed E-state index contributed by atoms with van der Waals surface area (Å²) < 4.78 is 13.1. The van der Waals surface area contributed by atoms with Gasteiger partial charge < -0.3 is 10.4 Å². The summed E-state index contributed by atoms with van der Waals surface area (Å²) >= 11 is 0. The third-order valence-corrected chi connectivity index (χ3v) is 2.89. The molecule has 0 unspecified atom stereocenters. The summed E-state index contributed by atoms with van der Waals surface area (Å²) in [7, 11) is 0. The molecule has 19 heavy (non-hydrogen) atoms. The molecule has 0 fully saturated rings. The van der Waals surface area contributed by atoms with E-state index in [1.54, 1.807) is 18.2 Å². The van der Waals surface area contributed by atoms with Crippen molar-refractivity contribution in [1.29, 1.82) is 0 Å². The predicted molar refractivity (Wildman–Crippen MR) is 71.6 cm³/mol. The zero-order valence-electron chi connectivity index (χ0n) is 10.7. The monoisotopic (exact) mass is 262 g/mol. The predicted octanol–water partition coefficient (Wildman–Crippen LogP) is 2.90. The Labute approximate surface area is 110 Å². The van der Waals surface area contributed by atoms with Gasteiger partial charge in [-0.25, -0.2) is 14.2 Å². The van der Waals surface area contributed by atoms with E-state index in [-0.39, 0.29) is 11.7 Å². The molecule has 0 spiro atoms. The molecule has 2 aromatic rings. The number of aromatic nitrogens is 1. The Morgan fingerprint density at radius 1 is 1.32 bits per heavy atom. The van der Waals surface area contributed by atoms with Gasteiger partial charge in [-0.1, -0.05) is 13.8 Å². The van der Waals surface area contributed by atoms with Crippen molar-refractivity contribution in [3.8, 4) is 0 Å². The lowest BCUT2D eigenvalue weighted by Crippen LogP contribution is -2.34. The molecular formula is C14H15FN2O2. The summed E-state index contributed by atoms with van der Waals surface area (Å²) in [6.45, 7) is 3.62. The number of rotatable bonds is 4. The number of aliphatic carboxylic acids is 1. The topological polar surface area (TPSA) is 62.2 Å². The molecule has 100 valence electrons. The first-order valence-electron chi connectivity index (χ1n) is 6.03. The molecule has 4 nitrogen and oxygen atoms in total. The minimum Gasteiger partial charge on any atom is -0.480 e. The molecule has 1 aromatic heterocycles. The highest BCUT2D eigenvalue weighted by Gasteiger charge is 2.21. The van der Waals surface area contributed by atoms with Gasteiger partial charge in [-0.2, -0.15) is 0 Å². The molecule has 0 saturated carbocycles. The number of carbonyl (C=O) groups is 1. The molecule has 0 aliphatic carbocycles. The number of anilines is 1. The van der Waals surface area contributed by atoms with Crippen LogP contribution in [0.4, 0.5) is 10.2 Å². The lowest BCUT2D eigenvalue weighted by Gasteiger charge is -2.18. The van der Waals surface area contributed by atoms with E-state index in [0.29, 0.717) is 11.3 Å². The third-order valence-electron chi connectivity index (χ3n) is 2.89. The summed E-state index contributed by atoms with van der Waals surface area (Å²) in [6, 6.07) is 7.08. The maximum atomic E-state index is 13.1. The fourth-order valence-electron chi connectivity index (χ4n) is 1.84. The van der Waals surface area contributed by atoms with Crippen LogP contribution < -0.4 is 5.32 Å². The van der Waals surface area contributed by atoms with Gasteiger partial charge in [-0.15, -0.1) is 0 Å². The molecule has 0 saturated heterocycles. The molecule has 0 aliphatic rings. The normalized spacial score (nSPS) is 12.6. The molecular weight excluding hydrogens is 247 g/mol. The minimum absolute atomic E-state index is 0.0810. The lowest BCUT2D eigenvalue weighted by molar-refractivity contribution is -0.138. The van der Waals surface area contributed by atoms with Crippen molar-refractivity contribution in [3.05, 3.63) is 36.1 Å². The molecule has 1 aromatic carbocycles. The third kappa shape index (κ3) is 2.99. The fraction of sp³-hybridized carbons (Fsp3) is 0.286. The zero-order valence-corrected chi connectivity index (χ0v) is 10.7. The Bertz CT molecular complexity index is 613. The molecule has 0 bridgehead atoms. The van der Waals surface area contributed by atoms with Gasteiger partial charge in [0.15, 0.2) is 0 Å². The van der Waals surface area contributed by atoms with Gasteiger partial charge in [0.1, 0.15) is 17.7 Å². The number of benzene rings is 1. The first kappa shape index (κ1) is 13.3. The van der Waals surface area contributed by atoms with E-state index in [2.05, 4.69) is 10.3 Å². The smallest absolute Gasteiger partial charge is 0.326 e. The Morgan fingerprint density at radius 2 is 2.00 bits per heavy atom. The Kier molecular flexibility index (Phi) is 3.64. The number of halogens is 1. The van der Waals surface area contributed by atoms with Gasteiger partial charge in [-0.3, -0.25) is 0 Å². The summed E-state index contributed by atoms with van der Waals surface area (Å²) in [5, 5.41) is 12.8. The molecule has 0 radical (unpaired) electrons. The summed E-state index contributed by atoms with van der Waals surface area (Å²) in [4.78, 5) is 15.3. The minimum atomic E-state index is -0.934. The Balaban J connectivity index is 2.32. The van der Waals surface area contributed by atoms with E-state index in [1.165, 1.54) is 12.1 Å². The van der Waals surface area contributed by atoms with Crippen molar-refractivity contribution < 1.29 is 14.3 Å². The number of fused-ring (bicyclic) bond motifs is 1. The number of hydrogen-bond donors (Lipinski definition) is 2. The van der Waals surface area contributed by atoms with Gasteiger partial charge in [0.2, 0.25) is 0 Å². The van der Waals surface area contributed by atoms with Crippen LogP contribution in [-0.2, 0) is 4.79 Å². The number of hydrogen-bond acceptors (Lipinski definition) is 3. The van der Waals surface area contributed by atoms with Crippen molar-refractivity contribution in [2.75, 3.05) is 5.32 Å². The zero-order chi connectivity index (χ0) is 14.0. The van der Waals surface area contributed by atoms with Gasteiger partial charge >= 0.3 is 5.97 Å². The molecule has 5 heteroatoms. The molecule has 0 amide bonds. The van der Waals surface area contributed by atoms with Crippen molar-refractivity contribution in [2.45, 2.75) is 19.9 Å². The quantitative estimate of drug-likeness (QED) is 0.889. The lowest BCUT2D eigenvalue weighted by atomic mass is 10.0. The number of nitrogens with zero attached hydrogens (tertiary/aromatic N) is 1. The van der Waals surface area contributed by atoms with Crippen LogP contribution in [0.1, 0.15) is 13.8 Å². The molecule has 2 N–H and O–H groups in total. The van der Waals surface area contributed by atoms with E-state index < -0.39 is 12.0 Å². The van der Waals surface area contributed by atoms with Crippen LogP contribution in [0.15, 0.2) is 30.3 Å². The van der Waals surface area contributed by atoms with Gasteiger partial charge in [0.05, 0.1) is 5.52 Å². The van der Waals surface area contributed by atoms with E-state index in [9.17, 15) is 9.18 Å². The number of carboxylic acid groups (broad SMARTS) is 1. The van der Waals surface area contributed by atoms with Gasteiger partial charge in [-0.05, 0) is 30.2 Å². The number of pyridine rings is 1. The van der Waals surface area contributed by atoms with E-state index in [0.717, 1.165) is 5.39 Å². The second-order valence-corrected chi connectivity index (χ2v) is 4.74. The second kappa shape index (κ2) is 5.22. The number of carboxylic acids is 1.